The molecule has 0 unspecified atom stereocenters. The van der Waals surface area contributed by atoms with Crippen LogP contribution in [0.1, 0.15) is 17.7 Å². The predicted molar refractivity (Wildman–Crippen MR) is 120 cm³/mol. The van der Waals surface area contributed by atoms with Crippen molar-refractivity contribution in [2.75, 3.05) is 5.32 Å². The first kappa shape index (κ1) is 22.6. The number of hydrogen-bond acceptors (Lipinski definition) is 7. The van der Waals surface area contributed by atoms with Gasteiger partial charge in [-0.1, -0.05) is 46.1 Å². The second kappa shape index (κ2) is 9.80. The average Bonchev–Trinajstić information content (AvgIpc) is 3.24. The zero-order valence-corrected chi connectivity index (χ0v) is 18.6. The van der Waals surface area contributed by atoms with Gasteiger partial charge in [-0.25, -0.2) is 9.98 Å². The molecule has 8 nitrogen and oxygen atoms in total. The van der Waals surface area contributed by atoms with Gasteiger partial charge >= 0.3 is 5.97 Å². The lowest BCUT2D eigenvalue weighted by Crippen LogP contribution is -2.19. The molecule has 0 radical (unpaired) electrons. The number of amidine groups is 1. The number of benzene rings is 1. The highest BCUT2D eigenvalue weighted by molar-refractivity contribution is 8.18. The lowest BCUT2D eigenvalue weighted by molar-refractivity contribution is -0.138. The van der Waals surface area contributed by atoms with Crippen molar-refractivity contribution < 1.29 is 19.5 Å². The molecule has 13 heteroatoms. The fourth-order valence-electron chi connectivity index (χ4n) is 2.13. The Morgan fingerprint density at radius 3 is 2.67 bits per heavy atom. The Hall–Kier alpha value is -2.11. The monoisotopic (exact) mass is 504 g/mol. The van der Waals surface area contributed by atoms with Crippen LogP contribution < -0.4 is 10.6 Å². The van der Waals surface area contributed by atoms with Crippen molar-refractivity contribution in [3.05, 3.63) is 43.2 Å². The maximum atomic E-state index is 12.2. The minimum Gasteiger partial charge on any atom is -0.481 e. The first-order valence-corrected chi connectivity index (χ1v) is 10.9. The molecule has 3 rings (SSSR count). The molecule has 3 N–H and O–H groups in total. The number of thioether (sulfide) groups is 1. The van der Waals surface area contributed by atoms with E-state index in [1.807, 2.05) is 0 Å². The second-order valence-corrected chi connectivity index (χ2v) is 9.02. The third kappa shape index (κ3) is 5.96. The fraction of sp³-hybridized carbons (Fsp3) is 0.118. The topological polar surface area (TPSA) is 121 Å². The van der Waals surface area contributed by atoms with Gasteiger partial charge in [-0.2, -0.15) is 0 Å². The number of hydrogen-bond donors (Lipinski definition) is 3. The summed E-state index contributed by atoms with van der Waals surface area (Å²) in [7, 11) is 0. The van der Waals surface area contributed by atoms with Gasteiger partial charge in [-0.05, 0) is 30.0 Å². The van der Waals surface area contributed by atoms with Gasteiger partial charge in [0.15, 0.2) is 10.3 Å². The summed E-state index contributed by atoms with van der Waals surface area (Å²) in [5.74, 6) is -1.86. The van der Waals surface area contributed by atoms with Crippen LogP contribution in [0.3, 0.4) is 0 Å². The number of carbonyl (C=O) groups excluding carboxylic acids is 2. The summed E-state index contributed by atoms with van der Waals surface area (Å²) in [6.07, 6.45) is 2.67. The second-order valence-electron chi connectivity index (χ2n) is 5.71. The lowest BCUT2D eigenvalue weighted by atomic mass is 10.3. The van der Waals surface area contributed by atoms with E-state index in [1.54, 1.807) is 6.08 Å². The zero-order valence-electron chi connectivity index (χ0n) is 14.7. The minimum absolute atomic E-state index is 0.152. The van der Waals surface area contributed by atoms with Crippen LogP contribution in [0.4, 0.5) is 10.8 Å². The van der Waals surface area contributed by atoms with Crippen LogP contribution >= 0.6 is 57.9 Å². The van der Waals surface area contributed by atoms with Crippen molar-refractivity contribution in [2.24, 2.45) is 4.99 Å². The Balaban J connectivity index is 1.70. The molecular formula is C17H11Cl3N4O4S2. The Morgan fingerprint density at radius 2 is 1.93 bits per heavy atom. The largest absolute Gasteiger partial charge is 0.481 e. The number of thiazole rings is 1. The summed E-state index contributed by atoms with van der Waals surface area (Å²) in [5, 5.41) is 15.2. The predicted octanol–water partition coefficient (Wildman–Crippen LogP) is 4.80. The molecule has 2 amide bonds. The molecule has 0 atom stereocenters. The van der Waals surface area contributed by atoms with Crippen molar-refractivity contribution in [1.82, 2.24) is 10.3 Å². The van der Waals surface area contributed by atoms with Crippen LogP contribution in [0.15, 0.2) is 28.2 Å². The lowest BCUT2D eigenvalue weighted by Gasteiger charge is -2.02. The highest BCUT2D eigenvalue weighted by Crippen LogP contribution is 2.36. The van der Waals surface area contributed by atoms with Crippen LogP contribution in [0, 0.1) is 0 Å². The van der Waals surface area contributed by atoms with E-state index in [0.29, 0.717) is 30.8 Å². The van der Waals surface area contributed by atoms with Crippen LogP contribution in [0.2, 0.25) is 15.1 Å². The third-order valence-corrected chi connectivity index (χ3v) is 6.27. The number of halogens is 3. The fourth-order valence-corrected chi connectivity index (χ4v) is 4.39. The van der Waals surface area contributed by atoms with Gasteiger partial charge < -0.3 is 15.7 Å². The summed E-state index contributed by atoms with van der Waals surface area (Å²) in [6.45, 7) is 0. The maximum Gasteiger partial charge on any atom is 0.303 e. The normalized spacial score (nSPS) is 16.2. The Kier molecular flexibility index (Phi) is 7.37. The summed E-state index contributed by atoms with van der Waals surface area (Å²) in [6, 6.07) is 2.96. The van der Waals surface area contributed by atoms with Gasteiger partial charge in [0.25, 0.3) is 5.91 Å². The molecule has 1 aromatic heterocycles. The zero-order chi connectivity index (χ0) is 21.8. The van der Waals surface area contributed by atoms with Gasteiger partial charge in [0, 0.05) is 12.6 Å². The van der Waals surface area contributed by atoms with Crippen molar-refractivity contribution in [2.45, 2.75) is 12.8 Å². The number of carboxylic acids is 1. The number of nitrogens with zero attached hydrogens (tertiary/aromatic N) is 2. The SMILES string of the molecule is O=C(O)CCC(=O)Nc1ncc(/C=C2\SC(=Nc3cc(Cl)c(Cl)cc3Cl)NC2=O)s1. The Bertz CT molecular complexity index is 1100. The van der Waals surface area contributed by atoms with Gasteiger partial charge in [-0.15, -0.1) is 0 Å². The van der Waals surface area contributed by atoms with Crippen molar-refractivity contribution in [3.63, 3.8) is 0 Å². The number of carboxylic acid groups (broad SMARTS) is 1. The van der Waals surface area contributed by atoms with Crippen LogP contribution in [0.25, 0.3) is 6.08 Å². The van der Waals surface area contributed by atoms with E-state index in [4.69, 9.17) is 39.9 Å². The van der Waals surface area contributed by atoms with Gasteiger partial charge in [-0.3, -0.25) is 14.4 Å². The molecule has 1 saturated heterocycles. The number of aliphatic imine (C=N–C) groups is 1. The highest BCUT2D eigenvalue weighted by Gasteiger charge is 2.24. The smallest absolute Gasteiger partial charge is 0.303 e. The Morgan fingerprint density at radius 1 is 1.20 bits per heavy atom. The highest BCUT2D eigenvalue weighted by atomic mass is 35.5. The summed E-state index contributed by atoms with van der Waals surface area (Å²) >= 11 is 20.2. The molecule has 2 aromatic rings. The molecule has 0 saturated carbocycles. The third-order valence-electron chi connectivity index (χ3n) is 3.47. The number of aliphatic carboxylic acids is 1. The molecule has 0 bridgehead atoms. The van der Waals surface area contributed by atoms with Gasteiger partial charge in [0.1, 0.15) is 0 Å². The van der Waals surface area contributed by atoms with E-state index in [0.717, 1.165) is 23.1 Å². The maximum absolute atomic E-state index is 12.2. The summed E-state index contributed by atoms with van der Waals surface area (Å²) in [4.78, 5) is 43.7. The van der Waals surface area contributed by atoms with E-state index >= 15 is 0 Å². The molecule has 0 aliphatic carbocycles. The quantitative estimate of drug-likeness (QED) is 0.383. The van der Waals surface area contributed by atoms with Crippen LogP contribution in [-0.2, 0) is 14.4 Å². The van der Waals surface area contributed by atoms with Crippen LogP contribution in [-0.4, -0.2) is 33.0 Å². The molecule has 156 valence electrons. The Labute approximate surface area is 193 Å². The van der Waals surface area contributed by atoms with Gasteiger partial charge in [0.05, 0.1) is 37.0 Å². The number of nitrogens with one attached hydrogen (secondary N) is 2. The number of anilines is 1. The number of rotatable bonds is 6. The van der Waals surface area contributed by atoms with Gasteiger partial charge in [0.2, 0.25) is 5.91 Å². The first-order valence-electron chi connectivity index (χ1n) is 8.13. The number of carbonyl (C=O) groups is 3. The summed E-state index contributed by atoms with van der Waals surface area (Å²) < 4.78 is 0. The average molecular weight is 506 g/mol. The molecule has 30 heavy (non-hydrogen) atoms. The molecule has 1 aliphatic heterocycles. The van der Waals surface area contributed by atoms with Crippen molar-refractivity contribution in [3.8, 4) is 0 Å². The van der Waals surface area contributed by atoms with Crippen molar-refractivity contribution >= 4 is 97.7 Å². The molecule has 1 aliphatic rings. The molecule has 0 spiro atoms. The first-order chi connectivity index (χ1) is 14.2. The van der Waals surface area contributed by atoms with E-state index in [9.17, 15) is 14.4 Å². The summed E-state index contributed by atoms with van der Waals surface area (Å²) in [5.41, 5.74) is 0.360. The van der Waals surface area contributed by atoms with E-state index < -0.39 is 11.9 Å². The minimum atomic E-state index is -1.06. The molecular weight excluding hydrogens is 495 g/mol. The van der Waals surface area contributed by atoms with E-state index in [2.05, 4.69) is 20.6 Å². The number of aromatic nitrogens is 1. The molecule has 1 fully saturated rings. The van der Waals surface area contributed by atoms with E-state index in [1.165, 1.54) is 18.3 Å². The van der Waals surface area contributed by atoms with Crippen LogP contribution in [0.5, 0.6) is 0 Å². The standard InChI is InChI=1S/C17H11Cl3N4O4S2/c18-8-4-10(20)11(5-9(8)19)22-17-24-15(28)12(30-17)3-7-6-21-16(29-7)23-13(25)1-2-14(26)27/h3-6H,1-2H2,(H,26,27)(H,21,23,25)(H,22,24,28)/b12-3-. The number of amides is 2. The van der Waals surface area contributed by atoms with Crippen molar-refractivity contribution in [1.29, 1.82) is 0 Å². The van der Waals surface area contributed by atoms with E-state index in [-0.39, 0.29) is 28.8 Å². The molecule has 1 aromatic carbocycles. The molecule has 2 heterocycles.